The second-order valence-electron chi connectivity index (χ2n) is 1.35. The van der Waals surface area contributed by atoms with Gasteiger partial charge in [-0.05, 0) is 6.82 Å². The molecule has 0 aromatic heterocycles. The van der Waals surface area contributed by atoms with Crippen LogP contribution in [0.15, 0.2) is 0 Å². The van der Waals surface area contributed by atoms with Gasteiger partial charge in [-0.1, -0.05) is 0 Å². The predicted octanol–water partition coefficient (Wildman–Crippen LogP) is -1.32. The average molecular weight is 103 g/mol. The van der Waals surface area contributed by atoms with E-state index in [2.05, 4.69) is 5.23 Å². The standard InChI is InChI=1S/C3H10BNO2/c1-4(7)5-2-3-6/h5-7H,2-3H2,1H3. The summed E-state index contributed by atoms with van der Waals surface area (Å²) in [6.45, 7) is 2.14. The maximum atomic E-state index is 8.46. The molecule has 0 saturated carbocycles. The first-order valence-electron chi connectivity index (χ1n) is 2.29. The Morgan fingerprint density at radius 1 is 1.71 bits per heavy atom. The number of hydrogen-bond acceptors (Lipinski definition) is 3. The minimum atomic E-state index is -0.507. The summed E-state index contributed by atoms with van der Waals surface area (Å²) in [4.78, 5) is 0. The molecule has 0 radical (unpaired) electrons. The highest BCUT2D eigenvalue weighted by Crippen LogP contribution is 1.61. The molecule has 0 saturated heterocycles. The van der Waals surface area contributed by atoms with E-state index in [9.17, 15) is 0 Å². The lowest BCUT2D eigenvalue weighted by atomic mass is 9.89. The van der Waals surface area contributed by atoms with Crippen LogP contribution >= 0.6 is 0 Å². The fraction of sp³-hybridized carbons (Fsp3) is 1.00. The van der Waals surface area contributed by atoms with E-state index in [-0.39, 0.29) is 6.61 Å². The van der Waals surface area contributed by atoms with Crippen molar-refractivity contribution in [2.45, 2.75) is 6.82 Å². The first kappa shape index (κ1) is 6.94. The molecule has 0 unspecified atom stereocenters. The van der Waals surface area contributed by atoms with E-state index >= 15 is 0 Å². The van der Waals surface area contributed by atoms with Gasteiger partial charge in [-0.2, -0.15) is 0 Å². The maximum absolute atomic E-state index is 8.46. The molecule has 0 aliphatic rings. The molecule has 0 aromatic carbocycles. The molecule has 0 heterocycles. The van der Waals surface area contributed by atoms with E-state index in [1.807, 2.05) is 0 Å². The molecule has 0 atom stereocenters. The Hall–Kier alpha value is -0.0551. The SMILES string of the molecule is CB(O)NCCO. The monoisotopic (exact) mass is 103 g/mol. The Kier molecular flexibility index (Phi) is 4.08. The van der Waals surface area contributed by atoms with E-state index < -0.39 is 7.05 Å². The summed E-state index contributed by atoms with van der Waals surface area (Å²) >= 11 is 0. The molecule has 0 amide bonds. The summed E-state index contributed by atoms with van der Waals surface area (Å²) in [5.41, 5.74) is 0. The molecule has 0 spiro atoms. The third kappa shape index (κ3) is 5.94. The Bertz CT molecular complexity index is 41.9. The van der Waals surface area contributed by atoms with Crippen molar-refractivity contribution >= 4 is 7.05 Å². The lowest BCUT2D eigenvalue weighted by Crippen LogP contribution is -2.32. The van der Waals surface area contributed by atoms with E-state index in [0.717, 1.165) is 0 Å². The zero-order valence-corrected chi connectivity index (χ0v) is 4.39. The van der Waals surface area contributed by atoms with Gasteiger partial charge in [0.05, 0.1) is 6.61 Å². The van der Waals surface area contributed by atoms with Crippen LogP contribution in [0.5, 0.6) is 0 Å². The lowest BCUT2D eigenvalue weighted by Gasteiger charge is -1.97. The molecule has 0 bridgehead atoms. The van der Waals surface area contributed by atoms with Gasteiger partial charge in [-0.25, -0.2) is 0 Å². The van der Waals surface area contributed by atoms with Crippen LogP contribution < -0.4 is 5.23 Å². The number of aliphatic hydroxyl groups is 1. The molecular weight excluding hydrogens is 92.8 g/mol. The van der Waals surface area contributed by atoms with Crippen molar-refractivity contribution in [3.05, 3.63) is 0 Å². The van der Waals surface area contributed by atoms with Crippen molar-refractivity contribution < 1.29 is 10.1 Å². The number of rotatable bonds is 3. The normalized spacial score (nSPS) is 9.00. The van der Waals surface area contributed by atoms with E-state index in [1.165, 1.54) is 0 Å². The second-order valence-corrected chi connectivity index (χ2v) is 1.35. The van der Waals surface area contributed by atoms with Gasteiger partial charge < -0.3 is 15.4 Å². The fourth-order valence-corrected chi connectivity index (χ4v) is 0.273. The zero-order chi connectivity index (χ0) is 5.70. The fourth-order valence-electron chi connectivity index (χ4n) is 0.273. The highest BCUT2D eigenvalue weighted by atomic mass is 16.3. The minimum absolute atomic E-state index is 0.0743. The highest BCUT2D eigenvalue weighted by molar-refractivity contribution is 6.45. The number of aliphatic hydroxyl groups excluding tert-OH is 1. The third-order valence-electron chi connectivity index (χ3n) is 0.552. The molecule has 0 rings (SSSR count). The van der Waals surface area contributed by atoms with Gasteiger partial charge in [0.15, 0.2) is 0 Å². The molecule has 4 heteroatoms. The van der Waals surface area contributed by atoms with E-state index in [4.69, 9.17) is 10.1 Å². The minimum Gasteiger partial charge on any atom is -0.437 e. The number of nitrogens with one attached hydrogen (secondary N) is 1. The van der Waals surface area contributed by atoms with Crippen molar-refractivity contribution in [3.8, 4) is 0 Å². The van der Waals surface area contributed by atoms with E-state index in [1.54, 1.807) is 6.82 Å². The lowest BCUT2D eigenvalue weighted by molar-refractivity contribution is 0.299. The smallest absolute Gasteiger partial charge is 0.373 e. The summed E-state index contributed by atoms with van der Waals surface area (Å²) in [5.74, 6) is 0. The van der Waals surface area contributed by atoms with Crippen LogP contribution in [0.3, 0.4) is 0 Å². The van der Waals surface area contributed by atoms with Crippen LogP contribution in [0.25, 0.3) is 0 Å². The van der Waals surface area contributed by atoms with Crippen LogP contribution in [0, 0.1) is 0 Å². The third-order valence-corrected chi connectivity index (χ3v) is 0.552. The molecule has 42 valence electrons. The maximum Gasteiger partial charge on any atom is 0.373 e. The molecule has 0 aromatic rings. The first-order chi connectivity index (χ1) is 3.27. The van der Waals surface area contributed by atoms with Gasteiger partial charge in [-0.15, -0.1) is 0 Å². The van der Waals surface area contributed by atoms with Crippen LogP contribution in [-0.2, 0) is 0 Å². The topological polar surface area (TPSA) is 52.5 Å². The molecule has 0 fully saturated rings. The Labute approximate surface area is 43.5 Å². The Morgan fingerprint density at radius 3 is 2.43 bits per heavy atom. The molecule has 3 nitrogen and oxygen atoms in total. The summed E-state index contributed by atoms with van der Waals surface area (Å²) in [7, 11) is -0.507. The van der Waals surface area contributed by atoms with Gasteiger partial charge in [0.1, 0.15) is 0 Å². The van der Waals surface area contributed by atoms with Crippen LogP contribution in [-0.4, -0.2) is 30.3 Å². The van der Waals surface area contributed by atoms with Crippen LogP contribution in [0.2, 0.25) is 6.82 Å². The number of hydrogen-bond donors (Lipinski definition) is 3. The Morgan fingerprint density at radius 2 is 2.29 bits per heavy atom. The van der Waals surface area contributed by atoms with Gasteiger partial charge in [0.25, 0.3) is 0 Å². The van der Waals surface area contributed by atoms with Gasteiger partial charge >= 0.3 is 7.05 Å². The van der Waals surface area contributed by atoms with Crippen molar-refractivity contribution in [1.82, 2.24) is 5.23 Å². The Balaban J connectivity index is 2.68. The molecule has 0 aliphatic heterocycles. The average Bonchev–Trinajstić information content (AvgIpc) is 1.61. The first-order valence-corrected chi connectivity index (χ1v) is 2.29. The quantitative estimate of drug-likeness (QED) is 0.388. The van der Waals surface area contributed by atoms with Crippen molar-refractivity contribution in [3.63, 3.8) is 0 Å². The summed E-state index contributed by atoms with van der Waals surface area (Å²) in [6.07, 6.45) is 0. The van der Waals surface area contributed by atoms with Gasteiger partial charge in [0, 0.05) is 6.54 Å². The van der Waals surface area contributed by atoms with Crippen LogP contribution in [0.4, 0.5) is 0 Å². The predicted molar refractivity (Wildman–Crippen MR) is 28.9 cm³/mol. The van der Waals surface area contributed by atoms with Crippen molar-refractivity contribution in [2.75, 3.05) is 13.2 Å². The summed E-state index contributed by atoms with van der Waals surface area (Å²) in [5, 5.41) is 19.2. The van der Waals surface area contributed by atoms with Crippen molar-refractivity contribution in [1.29, 1.82) is 0 Å². The second kappa shape index (κ2) is 4.11. The molecule has 3 N–H and O–H groups in total. The summed E-state index contributed by atoms with van der Waals surface area (Å²) in [6, 6.07) is 0. The van der Waals surface area contributed by atoms with Crippen molar-refractivity contribution in [2.24, 2.45) is 0 Å². The van der Waals surface area contributed by atoms with Gasteiger partial charge in [0.2, 0.25) is 0 Å². The highest BCUT2D eigenvalue weighted by Gasteiger charge is 1.96. The summed E-state index contributed by atoms with van der Waals surface area (Å²) < 4.78 is 0. The molecular formula is C3H10BNO2. The van der Waals surface area contributed by atoms with Gasteiger partial charge in [-0.3, -0.25) is 0 Å². The van der Waals surface area contributed by atoms with E-state index in [0.29, 0.717) is 6.54 Å². The van der Waals surface area contributed by atoms with Crippen LogP contribution in [0.1, 0.15) is 0 Å². The molecule has 0 aliphatic carbocycles. The molecule has 7 heavy (non-hydrogen) atoms. The largest absolute Gasteiger partial charge is 0.437 e. The zero-order valence-electron chi connectivity index (χ0n) is 4.39.